The number of thioether (sulfide) groups is 1. The van der Waals surface area contributed by atoms with Crippen molar-refractivity contribution in [3.8, 4) is 0 Å². The van der Waals surface area contributed by atoms with Gasteiger partial charge in [0.25, 0.3) is 0 Å². The first-order valence-electron chi connectivity index (χ1n) is 6.45. The third-order valence-corrected chi connectivity index (χ3v) is 4.55. The lowest BCUT2D eigenvalue weighted by Crippen LogP contribution is -2.34. The van der Waals surface area contributed by atoms with Crippen molar-refractivity contribution in [3.63, 3.8) is 0 Å². The quantitative estimate of drug-likeness (QED) is 0.754. The van der Waals surface area contributed by atoms with Gasteiger partial charge in [0.05, 0.1) is 17.0 Å². The average molecular weight is 258 g/mol. The highest BCUT2D eigenvalue weighted by Gasteiger charge is 2.48. The Morgan fingerprint density at radius 1 is 1.35 bits per heavy atom. The second-order valence-electron chi connectivity index (χ2n) is 6.60. The molecule has 100 valence electrons. The van der Waals surface area contributed by atoms with E-state index < -0.39 is 0 Å². The molecule has 0 N–H and O–H groups in total. The highest BCUT2D eigenvalue weighted by atomic mass is 32.2. The Bertz CT molecular complexity index is 282. The largest absolute Gasteiger partial charge is 0.369 e. The summed E-state index contributed by atoms with van der Waals surface area (Å²) in [6.45, 7) is 12.6. The SMILES string of the molecule is CC(C)CSCC(=O)C1CC(C)(C)OC1(C)C. The predicted octanol–water partition coefficient (Wildman–Crippen LogP) is 3.54. The van der Waals surface area contributed by atoms with E-state index in [1.165, 1.54) is 0 Å². The number of ketones is 1. The summed E-state index contributed by atoms with van der Waals surface area (Å²) in [6, 6.07) is 0. The van der Waals surface area contributed by atoms with Gasteiger partial charge in [0.2, 0.25) is 0 Å². The molecular weight excluding hydrogens is 232 g/mol. The molecular formula is C14H26O2S. The van der Waals surface area contributed by atoms with Gasteiger partial charge in [0.1, 0.15) is 5.78 Å². The topological polar surface area (TPSA) is 26.3 Å². The van der Waals surface area contributed by atoms with Crippen molar-refractivity contribution < 1.29 is 9.53 Å². The maximum Gasteiger partial charge on any atom is 0.148 e. The zero-order chi connectivity index (χ0) is 13.3. The minimum absolute atomic E-state index is 0.0529. The fourth-order valence-electron chi connectivity index (χ4n) is 2.56. The fraction of sp³-hybridized carbons (Fsp3) is 0.929. The van der Waals surface area contributed by atoms with E-state index in [0.717, 1.165) is 12.2 Å². The van der Waals surface area contributed by atoms with Gasteiger partial charge in [-0.1, -0.05) is 13.8 Å². The van der Waals surface area contributed by atoms with E-state index in [-0.39, 0.29) is 17.1 Å². The predicted molar refractivity (Wildman–Crippen MR) is 74.5 cm³/mol. The molecule has 1 atom stereocenters. The lowest BCUT2D eigenvalue weighted by Gasteiger charge is -2.26. The maximum absolute atomic E-state index is 12.2. The molecule has 1 aliphatic heterocycles. The third kappa shape index (κ3) is 4.29. The Morgan fingerprint density at radius 3 is 2.35 bits per heavy atom. The summed E-state index contributed by atoms with van der Waals surface area (Å²) in [5.74, 6) is 2.75. The van der Waals surface area contributed by atoms with Gasteiger partial charge in [-0.05, 0) is 45.8 Å². The summed E-state index contributed by atoms with van der Waals surface area (Å²) in [5, 5.41) is 0. The molecule has 2 nitrogen and oxygen atoms in total. The molecule has 0 aromatic rings. The smallest absolute Gasteiger partial charge is 0.148 e. The highest BCUT2D eigenvalue weighted by Crippen LogP contribution is 2.42. The first-order valence-corrected chi connectivity index (χ1v) is 7.60. The van der Waals surface area contributed by atoms with E-state index >= 15 is 0 Å². The molecule has 1 saturated heterocycles. The second kappa shape index (κ2) is 5.31. The van der Waals surface area contributed by atoms with Gasteiger partial charge in [0.15, 0.2) is 0 Å². The van der Waals surface area contributed by atoms with Crippen LogP contribution in [0, 0.1) is 11.8 Å². The van der Waals surface area contributed by atoms with Crippen LogP contribution in [0.3, 0.4) is 0 Å². The van der Waals surface area contributed by atoms with E-state index in [1.54, 1.807) is 11.8 Å². The van der Waals surface area contributed by atoms with Gasteiger partial charge in [-0.3, -0.25) is 4.79 Å². The Kier molecular flexibility index (Phi) is 4.70. The minimum Gasteiger partial charge on any atom is -0.369 e. The van der Waals surface area contributed by atoms with Crippen molar-refractivity contribution in [2.75, 3.05) is 11.5 Å². The number of ether oxygens (including phenoxy) is 1. The number of rotatable bonds is 5. The molecule has 1 fully saturated rings. The second-order valence-corrected chi connectivity index (χ2v) is 7.63. The van der Waals surface area contributed by atoms with Gasteiger partial charge in [-0.15, -0.1) is 0 Å². The van der Waals surface area contributed by atoms with Crippen LogP contribution in [0.1, 0.15) is 48.0 Å². The van der Waals surface area contributed by atoms with Crippen LogP contribution in [0.5, 0.6) is 0 Å². The number of Topliss-reactive ketones (excluding diaryl/α,β-unsaturated/α-hetero) is 1. The van der Waals surface area contributed by atoms with Crippen molar-refractivity contribution in [2.24, 2.45) is 11.8 Å². The van der Waals surface area contributed by atoms with E-state index in [2.05, 4.69) is 27.7 Å². The molecule has 0 saturated carbocycles. The molecule has 1 rings (SSSR count). The number of carbonyl (C=O) groups excluding carboxylic acids is 1. The van der Waals surface area contributed by atoms with Crippen LogP contribution in [0.25, 0.3) is 0 Å². The Labute approximate surface area is 110 Å². The molecule has 0 aromatic heterocycles. The van der Waals surface area contributed by atoms with Gasteiger partial charge < -0.3 is 4.74 Å². The monoisotopic (exact) mass is 258 g/mol. The van der Waals surface area contributed by atoms with E-state index in [4.69, 9.17) is 4.74 Å². The Balaban J connectivity index is 2.52. The summed E-state index contributed by atoms with van der Waals surface area (Å²) in [6.07, 6.45) is 0.848. The van der Waals surface area contributed by atoms with Gasteiger partial charge >= 0.3 is 0 Å². The summed E-state index contributed by atoms with van der Waals surface area (Å²) in [7, 11) is 0. The van der Waals surface area contributed by atoms with Crippen LogP contribution < -0.4 is 0 Å². The van der Waals surface area contributed by atoms with Crippen LogP contribution in [-0.2, 0) is 9.53 Å². The van der Waals surface area contributed by atoms with E-state index in [9.17, 15) is 4.79 Å². The third-order valence-electron chi connectivity index (χ3n) is 3.16. The number of hydrogen-bond donors (Lipinski definition) is 0. The van der Waals surface area contributed by atoms with Crippen LogP contribution in [0.15, 0.2) is 0 Å². The summed E-state index contributed by atoms with van der Waals surface area (Å²) < 4.78 is 5.97. The first-order chi connectivity index (χ1) is 7.64. The van der Waals surface area contributed by atoms with Crippen LogP contribution >= 0.6 is 11.8 Å². The van der Waals surface area contributed by atoms with Gasteiger partial charge in [-0.2, -0.15) is 11.8 Å². The normalized spacial score (nSPS) is 26.4. The molecule has 0 aromatic carbocycles. The van der Waals surface area contributed by atoms with Crippen LogP contribution in [0.4, 0.5) is 0 Å². The summed E-state index contributed by atoms with van der Waals surface area (Å²) in [4.78, 5) is 12.2. The lowest BCUT2D eigenvalue weighted by molar-refractivity contribution is -0.126. The molecule has 0 aliphatic carbocycles. The zero-order valence-corrected chi connectivity index (χ0v) is 12.8. The molecule has 1 unspecified atom stereocenters. The molecule has 3 heteroatoms. The van der Waals surface area contributed by atoms with Crippen LogP contribution in [-0.4, -0.2) is 28.5 Å². The molecule has 0 amide bonds. The molecule has 0 spiro atoms. The zero-order valence-electron chi connectivity index (χ0n) is 12.0. The number of carbonyl (C=O) groups is 1. The van der Waals surface area contributed by atoms with Crippen molar-refractivity contribution >= 4 is 17.5 Å². The van der Waals surface area contributed by atoms with Gasteiger partial charge in [0, 0.05) is 5.92 Å². The van der Waals surface area contributed by atoms with Gasteiger partial charge in [-0.25, -0.2) is 0 Å². The highest BCUT2D eigenvalue weighted by molar-refractivity contribution is 7.99. The van der Waals surface area contributed by atoms with E-state index in [0.29, 0.717) is 17.5 Å². The maximum atomic E-state index is 12.2. The van der Waals surface area contributed by atoms with Crippen LogP contribution in [0.2, 0.25) is 0 Å². The molecule has 1 aliphatic rings. The molecule has 17 heavy (non-hydrogen) atoms. The fourth-order valence-corrected chi connectivity index (χ4v) is 3.55. The van der Waals surface area contributed by atoms with Crippen molar-refractivity contribution in [1.82, 2.24) is 0 Å². The Hall–Kier alpha value is -0.0200. The number of hydrogen-bond acceptors (Lipinski definition) is 3. The summed E-state index contributed by atoms with van der Waals surface area (Å²) in [5.41, 5.74) is -0.467. The van der Waals surface area contributed by atoms with Crippen molar-refractivity contribution in [3.05, 3.63) is 0 Å². The standard InChI is InChI=1S/C14H26O2S/c1-10(2)8-17-9-12(15)11-7-13(3,4)16-14(11,5)6/h10-11H,7-9H2,1-6H3. The molecule has 1 heterocycles. The van der Waals surface area contributed by atoms with E-state index in [1.807, 2.05) is 13.8 Å². The summed E-state index contributed by atoms with van der Waals surface area (Å²) >= 11 is 1.75. The molecule has 0 bridgehead atoms. The van der Waals surface area contributed by atoms with Crippen molar-refractivity contribution in [2.45, 2.75) is 59.2 Å². The lowest BCUT2D eigenvalue weighted by atomic mass is 9.84. The molecule has 0 radical (unpaired) electrons. The average Bonchev–Trinajstić information content (AvgIpc) is 2.33. The van der Waals surface area contributed by atoms with Crippen molar-refractivity contribution in [1.29, 1.82) is 0 Å². The minimum atomic E-state index is -0.307. The Morgan fingerprint density at radius 2 is 1.94 bits per heavy atom. The first kappa shape index (κ1) is 15.0.